The zero-order valence-electron chi connectivity index (χ0n) is 8.90. The first-order chi connectivity index (χ1) is 7.65. The molecule has 0 spiro atoms. The van der Waals surface area contributed by atoms with Gasteiger partial charge in [0.15, 0.2) is 0 Å². The summed E-state index contributed by atoms with van der Waals surface area (Å²) in [6.07, 6.45) is 3.36. The van der Waals surface area contributed by atoms with Crippen LogP contribution in [-0.2, 0) is 11.2 Å². The molecule has 1 fully saturated rings. The zero-order valence-corrected chi connectivity index (χ0v) is 8.90. The second kappa shape index (κ2) is 4.47. The number of hydrogen-bond donors (Lipinski definition) is 2. The Bertz CT molecular complexity index is 449. The Morgan fingerprint density at radius 1 is 1.56 bits per heavy atom. The van der Waals surface area contributed by atoms with E-state index < -0.39 is 5.97 Å². The first-order valence-electron chi connectivity index (χ1n) is 5.47. The second-order valence-corrected chi connectivity index (χ2v) is 4.14. The molecule has 0 atom stereocenters. The minimum atomic E-state index is -0.813. The number of aromatic nitrogens is 2. The van der Waals surface area contributed by atoms with Crippen molar-refractivity contribution in [2.75, 3.05) is 0 Å². The Labute approximate surface area is 92.5 Å². The Morgan fingerprint density at radius 3 is 2.94 bits per heavy atom. The Morgan fingerprint density at radius 2 is 2.31 bits per heavy atom. The van der Waals surface area contributed by atoms with Gasteiger partial charge in [0.05, 0.1) is 0 Å². The summed E-state index contributed by atoms with van der Waals surface area (Å²) in [6, 6.07) is 1.45. The molecule has 1 aromatic rings. The smallest absolute Gasteiger partial charge is 0.303 e. The van der Waals surface area contributed by atoms with Crippen LogP contribution in [0.1, 0.15) is 43.1 Å². The summed E-state index contributed by atoms with van der Waals surface area (Å²) in [7, 11) is 0. The van der Waals surface area contributed by atoms with Crippen molar-refractivity contribution in [3.63, 3.8) is 0 Å². The average molecular weight is 222 g/mol. The van der Waals surface area contributed by atoms with E-state index in [-0.39, 0.29) is 12.0 Å². The van der Waals surface area contributed by atoms with E-state index >= 15 is 0 Å². The number of aliphatic carboxylic acids is 1. The lowest BCUT2D eigenvalue weighted by molar-refractivity contribution is -0.137. The van der Waals surface area contributed by atoms with Crippen LogP contribution in [0.5, 0.6) is 0 Å². The van der Waals surface area contributed by atoms with Crippen molar-refractivity contribution in [1.82, 2.24) is 9.97 Å². The maximum absolute atomic E-state index is 11.3. The summed E-state index contributed by atoms with van der Waals surface area (Å²) in [5.74, 6) is 0.359. The van der Waals surface area contributed by atoms with Gasteiger partial charge in [0.2, 0.25) is 0 Å². The third-order valence-corrected chi connectivity index (χ3v) is 2.60. The van der Waals surface area contributed by atoms with Crippen LogP contribution in [0.2, 0.25) is 0 Å². The van der Waals surface area contributed by atoms with E-state index in [0.29, 0.717) is 24.5 Å². The molecular formula is C11H14N2O3. The van der Waals surface area contributed by atoms with Gasteiger partial charge in [0.25, 0.3) is 5.56 Å². The second-order valence-electron chi connectivity index (χ2n) is 4.14. The average Bonchev–Trinajstić information content (AvgIpc) is 2.99. The van der Waals surface area contributed by atoms with Crippen LogP contribution in [-0.4, -0.2) is 21.0 Å². The van der Waals surface area contributed by atoms with Crippen molar-refractivity contribution in [2.24, 2.45) is 0 Å². The van der Waals surface area contributed by atoms with Gasteiger partial charge >= 0.3 is 5.97 Å². The van der Waals surface area contributed by atoms with Crippen LogP contribution >= 0.6 is 0 Å². The van der Waals surface area contributed by atoms with Gasteiger partial charge in [-0.15, -0.1) is 0 Å². The Kier molecular flexibility index (Phi) is 3.03. The van der Waals surface area contributed by atoms with Crippen LogP contribution in [0, 0.1) is 0 Å². The highest BCUT2D eigenvalue weighted by atomic mass is 16.4. The Balaban J connectivity index is 2.02. The fourth-order valence-electron chi connectivity index (χ4n) is 1.63. The van der Waals surface area contributed by atoms with Gasteiger partial charge in [-0.25, -0.2) is 4.98 Å². The fraction of sp³-hybridized carbons (Fsp3) is 0.545. The standard InChI is InChI=1S/C11H14N2O3/c14-9-6-8(2-1-3-10(15)16)12-11(13-9)7-4-5-7/h6-7H,1-5H2,(H,15,16)(H,12,13,14). The van der Waals surface area contributed by atoms with E-state index in [9.17, 15) is 9.59 Å². The molecule has 0 aromatic carbocycles. The van der Waals surface area contributed by atoms with E-state index in [0.717, 1.165) is 18.7 Å². The molecule has 1 aromatic heterocycles. The number of carbonyl (C=O) groups is 1. The number of nitrogens with one attached hydrogen (secondary N) is 1. The lowest BCUT2D eigenvalue weighted by Crippen LogP contribution is -2.12. The normalized spacial score (nSPS) is 15.0. The lowest BCUT2D eigenvalue weighted by Gasteiger charge is -2.02. The minimum Gasteiger partial charge on any atom is -0.481 e. The van der Waals surface area contributed by atoms with Gasteiger partial charge in [-0.1, -0.05) is 0 Å². The molecule has 0 radical (unpaired) electrons. The van der Waals surface area contributed by atoms with Crippen LogP contribution in [0.3, 0.4) is 0 Å². The van der Waals surface area contributed by atoms with Crippen molar-refractivity contribution < 1.29 is 9.90 Å². The maximum atomic E-state index is 11.3. The van der Waals surface area contributed by atoms with Gasteiger partial charge < -0.3 is 10.1 Å². The minimum absolute atomic E-state index is 0.118. The van der Waals surface area contributed by atoms with Crippen molar-refractivity contribution in [1.29, 1.82) is 0 Å². The highest BCUT2D eigenvalue weighted by Crippen LogP contribution is 2.37. The highest BCUT2D eigenvalue weighted by molar-refractivity contribution is 5.66. The van der Waals surface area contributed by atoms with Gasteiger partial charge in [0, 0.05) is 24.1 Å². The van der Waals surface area contributed by atoms with Crippen LogP contribution in [0.4, 0.5) is 0 Å². The van der Waals surface area contributed by atoms with Crippen molar-refractivity contribution in [2.45, 2.75) is 38.0 Å². The molecule has 1 saturated carbocycles. The number of carboxylic acids is 1. The van der Waals surface area contributed by atoms with Crippen LogP contribution < -0.4 is 5.56 Å². The maximum Gasteiger partial charge on any atom is 0.303 e. The summed E-state index contributed by atoms with van der Waals surface area (Å²) < 4.78 is 0. The first-order valence-corrected chi connectivity index (χ1v) is 5.47. The van der Waals surface area contributed by atoms with E-state index in [1.54, 1.807) is 0 Å². The number of rotatable bonds is 5. The molecule has 1 aliphatic rings. The number of nitrogens with zero attached hydrogens (tertiary/aromatic N) is 1. The van der Waals surface area contributed by atoms with Gasteiger partial charge in [-0.2, -0.15) is 0 Å². The quantitative estimate of drug-likeness (QED) is 0.780. The molecule has 1 heterocycles. The van der Waals surface area contributed by atoms with Crippen molar-refractivity contribution in [3.8, 4) is 0 Å². The zero-order chi connectivity index (χ0) is 11.5. The van der Waals surface area contributed by atoms with Crippen molar-refractivity contribution >= 4 is 5.97 Å². The Hall–Kier alpha value is -1.65. The summed E-state index contributed by atoms with van der Waals surface area (Å²) >= 11 is 0. The molecule has 86 valence electrons. The topological polar surface area (TPSA) is 83.0 Å². The molecule has 0 unspecified atom stereocenters. The molecule has 2 rings (SSSR count). The molecule has 16 heavy (non-hydrogen) atoms. The first kappa shape index (κ1) is 10.9. The molecule has 0 amide bonds. The van der Waals surface area contributed by atoms with Crippen molar-refractivity contribution in [3.05, 3.63) is 27.9 Å². The molecule has 0 bridgehead atoms. The molecule has 1 aliphatic carbocycles. The number of H-pyrrole nitrogens is 1. The van der Waals surface area contributed by atoms with Gasteiger partial charge in [-0.3, -0.25) is 9.59 Å². The molecule has 0 saturated heterocycles. The molecule has 5 heteroatoms. The predicted molar refractivity (Wildman–Crippen MR) is 57.4 cm³/mol. The van der Waals surface area contributed by atoms with E-state index in [1.807, 2.05) is 0 Å². The van der Waals surface area contributed by atoms with E-state index in [1.165, 1.54) is 6.07 Å². The largest absolute Gasteiger partial charge is 0.481 e. The lowest BCUT2D eigenvalue weighted by atomic mass is 10.2. The number of aromatic amines is 1. The monoisotopic (exact) mass is 222 g/mol. The van der Waals surface area contributed by atoms with Crippen LogP contribution in [0.25, 0.3) is 0 Å². The number of aryl methyl sites for hydroxylation is 1. The summed E-state index contributed by atoms with van der Waals surface area (Å²) in [4.78, 5) is 28.8. The fourth-order valence-corrected chi connectivity index (χ4v) is 1.63. The summed E-state index contributed by atoms with van der Waals surface area (Å²) in [5, 5.41) is 8.51. The van der Waals surface area contributed by atoms with Gasteiger partial charge in [-0.05, 0) is 25.7 Å². The summed E-state index contributed by atoms with van der Waals surface area (Å²) in [5.41, 5.74) is 0.564. The molecule has 0 aliphatic heterocycles. The SMILES string of the molecule is O=C(O)CCCc1cc(=O)[nH]c(C2CC2)n1. The van der Waals surface area contributed by atoms with Gasteiger partial charge in [0.1, 0.15) is 5.82 Å². The summed E-state index contributed by atoms with van der Waals surface area (Å²) in [6.45, 7) is 0. The molecule has 5 nitrogen and oxygen atoms in total. The number of hydrogen-bond acceptors (Lipinski definition) is 3. The molecular weight excluding hydrogens is 208 g/mol. The third-order valence-electron chi connectivity index (χ3n) is 2.60. The molecule has 2 N–H and O–H groups in total. The predicted octanol–water partition coefficient (Wildman–Crippen LogP) is 1.05. The van der Waals surface area contributed by atoms with E-state index in [2.05, 4.69) is 9.97 Å². The number of carboxylic acid groups (broad SMARTS) is 1. The highest BCUT2D eigenvalue weighted by Gasteiger charge is 2.26. The third kappa shape index (κ3) is 2.92. The van der Waals surface area contributed by atoms with E-state index in [4.69, 9.17) is 5.11 Å². The van der Waals surface area contributed by atoms with Crippen LogP contribution in [0.15, 0.2) is 10.9 Å².